The molecule has 2 aromatic rings. The maximum atomic E-state index is 12.2. The molecule has 6 nitrogen and oxygen atoms in total. The van der Waals surface area contributed by atoms with Gasteiger partial charge in [0.15, 0.2) is 0 Å². The Balaban J connectivity index is 1.80. The first-order valence-corrected chi connectivity index (χ1v) is 9.28. The van der Waals surface area contributed by atoms with Gasteiger partial charge in [0, 0.05) is 30.1 Å². The first-order valence-electron chi connectivity index (χ1n) is 9.28. The lowest BCUT2D eigenvalue weighted by molar-refractivity contribution is -0.114. The van der Waals surface area contributed by atoms with Crippen LogP contribution in [0.4, 0.5) is 11.4 Å². The van der Waals surface area contributed by atoms with Crippen LogP contribution in [0.1, 0.15) is 20.3 Å². The highest BCUT2D eigenvalue weighted by Gasteiger charge is 2.04. The van der Waals surface area contributed by atoms with Crippen LogP contribution in [0.15, 0.2) is 48.5 Å². The Morgan fingerprint density at radius 2 is 1.56 bits per heavy atom. The molecule has 0 heterocycles. The third kappa shape index (κ3) is 8.00. The third-order valence-corrected chi connectivity index (χ3v) is 3.58. The van der Waals surface area contributed by atoms with Crippen molar-refractivity contribution in [2.75, 3.05) is 43.6 Å². The Kier molecular flexibility index (Phi) is 9.00. The molecule has 146 valence electrons. The van der Waals surface area contributed by atoms with E-state index in [1.165, 1.54) is 0 Å². The van der Waals surface area contributed by atoms with Crippen molar-refractivity contribution in [1.82, 2.24) is 0 Å². The topological polar surface area (TPSA) is 68.8 Å². The summed E-state index contributed by atoms with van der Waals surface area (Å²) in [5.41, 5.74) is 1.53. The van der Waals surface area contributed by atoms with Crippen molar-refractivity contribution in [1.29, 1.82) is 0 Å². The second-order valence-electron chi connectivity index (χ2n) is 5.85. The average molecular weight is 372 g/mol. The van der Waals surface area contributed by atoms with Crippen LogP contribution in [0.2, 0.25) is 0 Å². The summed E-state index contributed by atoms with van der Waals surface area (Å²) in [6.45, 7) is 6.52. The first kappa shape index (κ1) is 20.6. The monoisotopic (exact) mass is 372 g/mol. The Morgan fingerprint density at radius 3 is 2.26 bits per heavy atom. The molecule has 0 spiro atoms. The van der Waals surface area contributed by atoms with Crippen molar-refractivity contribution in [3.05, 3.63) is 48.5 Å². The standard InChI is InChI=1S/C21H28N2O4/c1-3-11-26-19-9-5-7-17(14-19)22-16-21(24)23-18-8-6-10-20(15-18)27-13-12-25-4-2/h5-10,14-15,22H,3-4,11-13,16H2,1-2H3,(H,23,24). The van der Waals surface area contributed by atoms with Crippen molar-refractivity contribution in [2.45, 2.75) is 20.3 Å². The van der Waals surface area contributed by atoms with Gasteiger partial charge in [0.1, 0.15) is 18.1 Å². The van der Waals surface area contributed by atoms with Gasteiger partial charge in [0.2, 0.25) is 5.91 Å². The summed E-state index contributed by atoms with van der Waals surface area (Å²) >= 11 is 0. The van der Waals surface area contributed by atoms with E-state index in [9.17, 15) is 4.79 Å². The minimum Gasteiger partial charge on any atom is -0.494 e. The minimum atomic E-state index is -0.138. The molecule has 0 unspecified atom stereocenters. The zero-order valence-corrected chi connectivity index (χ0v) is 16.0. The molecule has 0 bridgehead atoms. The number of amides is 1. The largest absolute Gasteiger partial charge is 0.494 e. The van der Waals surface area contributed by atoms with Crippen molar-refractivity contribution in [2.24, 2.45) is 0 Å². The number of benzene rings is 2. The molecule has 0 fully saturated rings. The smallest absolute Gasteiger partial charge is 0.243 e. The molecule has 0 aliphatic heterocycles. The molecule has 0 atom stereocenters. The normalized spacial score (nSPS) is 10.3. The highest BCUT2D eigenvalue weighted by Crippen LogP contribution is 2.19. The molecule has 0 saturated carbocycles. The molecular weight excluding hydrogens is 344 g/mol. The molecule has 0 aliphatic carbocycles. The zero-order chi connectivity index (χ0) is 19.3. The second-order valence-corrected chi connectivity index (χ2v) is 5.85. The molecule has 0 saturated heterocycles. The molecule has 2 aromatic carbocycles. The van der Waals surface area contributed by atoms with Crippen LogP contribution in [0.5, 0.6) is 11.5 Å². The van der Waals surface area contributed by atoms with E-state index < -0.39 is 0 Å². The average Bonchev–Trinajstić information content (AvgIpc) is 2.69. The number of ether oxygens (including phenoxy) is 3. The predicted octanol–water partition coefficient (Wildman–Crippen LogP) is 3.94. The van der Waals surface area contributed by atoms with E-state index in [-0.39, 0.29) is 12.5 Å². The van der Waals surface area contributed by atoms with Gasteiger partial charge in [-0.15, -0.1) is 0 Å². The Hall–Kier alpha value is -2.73. The molecule has 2 N–H and O–H groups in total. The summed E-state index contributed by atoms with van der Waals surface area (Å²) in [5, 5.41) is 5.96. The van der Waals surface area contributed by atoms with Gasteiger partial charge < -0.3 is 24.8 Å². The molecule has 6 heteroatoms. The van der Waals surface area contributed by atoms with Crippen LogP contribution in [0.25, 0.3) is 0 Å². The van der Waals surface area contributed by atoms with Crippen LogP contribution < -0.4 is 20.1 Å². The predicted molar refractivity (Wildman–Crippen MR) is 108 cm³/mol. The van der Waals surface area contributed by atoms with Gasteiger partial charge in [-0.25, -0.2) is 0 Å². The van der Waals surface area contributed by atoms with E-state index in [0.29, 0.717) is 37.9 Å². The maximum absolute atomic E-state index is 12.2. The van der Waals surface area contributed by atoms with Gasteiger partial charge in [-0.3, -0.25) is 4.79 Å². The number of hydrogen-bond donors (Lipinski definition) is 2. The van der Waals surface area contributed by atoms with Gasteiger partial charge in [-0.1, -0.05) is 19.1 Å². The fourth-order valence-corrected chi connectivity index (χ4v) is 2.33. The van der Waals surface area contributed by atoms with Gasteiger partial charge >= 0.3 is 0 Å². The van der Waals surface area contributed by atoms with E-state index in [4.69, 9.17) is 14.2 Å². The van der Waals surface area contributed by atoms with Crippen molar-refractivity contribution in [3.63, 3.8) is 0 Å². The van der Waals surface area contributed by atoms with Crippen LogP contribution in [0, 0.1) is 0 Å². The lowest BCUT2D eigenvalue weighted by atomic mass is 10.3. The highest BCUT2D eigenvalue weighted by molar-refractivity contribution is 5.93. The quantitative estimate of drug-likeness (QED) is 0.552. The van der Waals surface area contributed by atoms with Crippen molar-refractivity contribution >= 4 is 17.3 Å². The van der Waals surface area contributed by atoms with Gasteiger partial charge in [-0.2, -0.15) is 0 Å². The van der Waals surface area contributed by atoms with Crippen LogP contribution in [0.3, 0.4) is 0 Å². The lowest BCUT2D eigenvalue weighted by Gasteiger charge is -2.11. The zero-order valence-electron chi connectivity index (χ0n) is 16.0. The number of carbonyl (C=O) groups is 1. The van der Waals surface area contributed by atoms with Crippen LogP contribution in [-0.2, 0) is 9.53 Å². The molecular formula is C21H28N2O4. The number of hydrogen-bond acceptors (Lipinski definition) is 5. The van der Waals surface area contributed by atoms with Gasteiger partial charge in [0.05, 0.1) is 19.8 Å². The number of carbonyl (C=O) groups excluding carboxylic acids is 1. The Bertz CT molecular complexity index is 706. The molecule has 0 aromatic heterocycles. The summed E-state index contributed by atoms with van der Waals surface area (Å²) < 4.78 is 16.4. The second kappa shape index (κ2) is 11.8. The fraction of sp³-hybridized carbons (Fsp3) is 0.381. The lowest BCUT2D eigenvalue weighted by Crippen LogP contribution is -2.21. The SMILES string of the molecule is CCCOc1cccc(NCC(=O)Nc2cccc(OCCOCC)c2)c1. The summed E-state index contributed by atoms with van der Waals surface area (Å²) in [6, 6.07) is 14.9. The molecule has 1 amide bonds. The number of rotatable bonds is 12. The van der Waals surface area contributed by atoms with E-state index >= 15 is 0 Å². The number of nitrogens with one attached hydrogen (secondary N) is 2. The van der Waals surface area contributed by atoms with Crippen LogP contribution in [-0.4, -0.2) is 38.9 Å². The highest BCUT2D eigenvalue weighted by atomic mass is 16.5. The van der Waals surface area contributed by atoms with E-state index in [0.717, 1.165) is 17.9 Å². The Morgan fingerprint density at radius 1 is 0.889 bits per heavy atom. The fourth-order valence-electron chi connectivity index (χ4n) is 2.33. The molecule has 2 rings (SSSR count). The van der Waals surface area contributed by atoms with Gasteiger partial charge in [0.25, 0.3) is 0 Å². The maximum Gasteiger partial charge on any atom is 0.243 e. The summed E-state index contributed by atoms with van der Waals surface area (Å²) in [4.78, 5) is 12.2. The van der Waals surface area contributed by atoms with Gasteiger partial charge in [-0.05, 0) is 37.6 Å². The van der Waals surface area contributed by atoms with E-state index in [2.05, 4.69) is 17.6 Å². The summed E-state index contributed by atoms with van der Waals surface area (Å²) in [7, 11) is 0. The molecule has 0 radical (unpaired) electrons. The first-order chi connectivity index (χ1) is 13.2. The number of anilines is 2. The summed E-state index contributed by atoms with van der Waals surface area (Å²) in [5.74, 6) is 1.35. The van der Waals surface area contributed by atoms with E-state index in [1.54, 1.807) is 6.07 Å². The van der Waals surface area contributed by atoms with Crippen molar-refractivity contribution in [3.8, 4) is 11.5 Å². The minimum absolute atomic E-state index is 0.138. The molecule has 0 aliphatic rings. The molecule has 27 heavy (non-hydrogen) atoms. The van der Waals surface area contributed by atoms with Crippen LogP contribution >= 0.6 is 0 Å². The third-order valence-electron chi connectivity index (χ3n) is 3.58. The van der Waals surface area contributed by atoms with E-state index in [1.807, 2.05) is 49.4 Å². The van der Waals surface area contributed by atoms with Crippen molar-refractivity contribution < 1.29 is 19.0 Å². The summed E-state index contributed by atoms with van der Waals surface area (Å²) in [6.07, 6.45) is 0.953. The Labute approximate surface area is 160 Å².